The van der Waals surface area contributed by atoms with E-state index in [0.29, 0.717) is 39.2 Å². The van der Waals surface area contributed by atoms with Crippen molar-refractivity contribution in [1.82, 2.24) is 9.80 Å². The maximum atomic E-state index is 13.8. The second-order valence-corrected chi connectivity index (χ2v) is 6.32. The Labute approximate surface area is 146 Å². The van der Waals surface area contributed by atoms with Crippen LogP contribution in [0.2, 0.25) is 0 Å². The number of hydrogen-bond donors (Lipinski definition) is 0. The SMILES string of the molecule is COc1ccc(C(=O)N2CCCN(C(=O)C3CCCO3)CC2)cc1F. The van der Waals surface area contributed by atoms with Crippen LogP contribution in [-0.2, 0) is 9.53 Å². The van der Waals surface area contributed by atoms with Gasteiger partial charge in [0.15, 0.2) is 11.6 Å². The normalized spacial score (nSPS) is 21.1. The predicted molar refractivity (Wildman–Crippen MR) is 89.0 cm³/mol. The van der Waals surface area contributed by atoms with Crippen molar-refractivity contribution in [3.05, 3.63) is 29.6 Å². The van der Waals surface area contributed by atoms with Gasteiger partial charge in [0.05, 0.1) is 7.11 Å². The second-order valence-electron chi connectivity index (χ2n) is 6.32. The Morgan fingerprint density at radius 3 is 2.60 bits per heavy atom. The van der Waals surface area contributed by atoms with E-state index in [1.807, 2.05) is 0 Å². The second kappa shape index (κ2) is 7.82. The summed E-state index contributed by atoms with van der Waals surface area (Å²) in [6.07, 6.45) is 2.04. The van der Waals surface area contributed by atoms with Crippen LogP contribution in [0.15, 0.2) is 18.2 Å². The Balaban J connectivity index is 1.63. The summed E-state index contributed by atoms with van der Waals surface area (Å²) in [5, 5.41) is 0. The van der Waals surface area contributed by atoms with Gasteiger partial charge >= 0.3 is 0 Å². The zero-order valence-corrected chi connectivity index (χ0v) is 14.4. The average Bonchev–Trinajstić information content (AvgIpc) is 3.05. The smallest absolute Gasteiger partial charge is 0.254 e. The van der Waals surface area contributed by atoms with E-state index in [0.717, 1.165) is 12.8 Å². The Morgan fingerprint density at radius 2 is 1.92 bits per heavy atom. The summed E-state index contributed by atoms with van der Waals surface area (Å²) >= 11 is 0. The van der Waals surface area contributed by atoms with Crippen molar-refractivity contribution in [3.63, 3.8) is 0 Å². The van der Waals surface area contributed by atoms with Gasteiger partial charge in [-0.25, -0.2) is 4.39 Å². The van der Waals surface area contributed by atoms with Crippen molar-refractivity contribution in [2.24, 2.45) is 0 Å². The van der Waals surface area contributed by atoms with Gasteiger partial charge in [-0.05, 0) is 37.5 Å². The molecule has 1 atom stereocenters. The van der Waals surface area contributed by atoms with E-state index in [9.17, 15) is 14.0 Å². The monoisotopic (exact) mass is 350 g/mol. The summed E-state index contributed by atoms with van der Waals surface area (Å²) in [6.45, 7) is 2.70. The molecule has 7 heteroatoms. The number of benzene rings is 1. The first kappa shape index (κ1) is 17.7. The van der Waals surface area contributed by atoms with Crippen LogP contribution >= 0.6 is 0 Å². The van der Waals surface area contributed by atoms with Crippen molar-refractivity contribution in [2.45, 2.75) is 25.4 Å². The molecule has 2 fully saturated rings. The van der Waals surface area contributed by atoms with E-state index >= 15 is 0 Å². The minimum absolute atomic E-state index is 0.0160. The van der Waals surface area contributed by atoms with Gasteiger partial charge in [0, 0.05) is 38.3 Å². The molecule has 2 amide bonds. The summed E-state index contributed by atoms with van der Waals surface area (Å²) in [5.41, 5.74) is 0.289. The number of rotatable bonds is 3. The number of halogens is 1. The lowest BCUT2D eigenvalue weighted by Crippen LogP contribution is -2.41. The fourth-order valence-corrected chi connectivity index (χ4v) is 3.30. The Bertz CT molecular complexity index is 646. The molecule has 0 bridgehead atoms. The van der Waals surface area contributed by atoms with Crippen LogP contribution in [-0.4, -0.2) is 67.6 Å². The van der Waals surface area contributed by atoms with Crippen LogP contribution in [0, 0.1) is 5.82 Å². The third-order valence-corrected chi connectivity index (χ3v) is 4.70. The fraction of sp³-hybridized carbons (Fsp3) is 0.556. The predicted octanol–water partition coefficient (Wildman–Crippen LogP) is 1.69. The van der Waals surface area contributed by atoms with E-state index < -0.39 is 5.82 Å². The maximum absolute atomic E-state index is 13.8. The minimum atomic E-state index is -0.557. The lowest BCUT2D eigenvalue weighted by molar-refractivity contribution is -0.140. The lowest BCUT2D eigenvalue weighted by Gasteiger charge is -2.24. The summed E-state index contributed by atoms with van der Waals surface area (Å²) in [4.78, 5) is 28.5. The number of amides is 2. The summed E-state index contributed by atoms with van der Waals surface area (Å²) in [6, 6.07) is 4.21. The highest BCUT2D eigenvalue weighted by molar-refractivity contribution is 5.94. The molecule has 1 unspecified atom stereocenters. The van der Waals surface area contributed by atoms with E-state index in [1.165, 1.54) is 19.2 Å². The Kier molecular flexibility index (Phi) is 5.53. The summed E-state index contributed by atoms with van der Waals surface area (Å²) < 4.78 is 24.2. The molecular formula is C18H23FN2O4. The van der Waals surface area contributed by atoms with Crippen molar-refractivity contribution < 1.29 is 23.5 Å². The molecule has 0 N–H and O–H groups in total. The third kappa shape index (κ3) is 3.92. The van der Waals surface area contributed by atoms with Crippen LogP contribution in [0.3, 0.4) is 0 Å². The molecule has 136 valence electrons. The third-order valence-electron chi connectivity index (χ3n) is 4.70. The molecule has 2 aliphatic heterocycles. The molecule has 0 radical (unpaired) electrons. The first-order valence-electron chi connectivity index (χ1n) is 8.63. The molecular weight excluding hydrogens is 327 g/mol. The molecule has 0 saturated carbocycles. The number of carbonyl (C=O) groups is 2. The number of hydrogen-bond acceptors (Lipinski definition) is 4. The van der Waals surface area contributed by atoms with Crippen molar-refractivity contribution in [3.8, 4) is 5.75 Å². The molecule has 2 heterocycles. The van der Waals surface area contributed by atoms with Gasteiger partial charge in [-0.1, -0.05) is 0 Å². The summed E-state index contributed by atoms with van der Waals surface area (Å²) in [5.74, 6) is -0.658. The molecule has 25 heavy (non-hydrogen) atoms. The van der Waals surface area contributed by atoms with Crippen LogP contribution < -0.4 is 4.74 Å². The number of nitrogens with zero attached hydrogens (tertiary/aromatic N) is 2. The Morgan fingerprint density at radius 1 is 1.16 bits per heavy atom. The van der Waals surface area contributed by atoms with Crippen LogP contribution in [0.4, 0.5) is 4.39 Å². The molecule has 1 aromatic rings. The maximum Gasteiger partial charge on any atom is 0.254 e. The standard InChI is InChI=1S/C18H23FN2O4/c1-24-15-6-5-13(12-14(15)19)17(22)20-7-3-8-21(10-9-20)18(23)16-4-2-11-25-16/h5-6,12,16H,2-4,7-11H2,1H3. The van der Waals surface area contributed by atoms with E-state index in [2.05, 4.69) is 0 Å². The minimum Gasteiger partial charge on any atom is -0.494 e. The Hall–Kier alpha value is -2.15. The molecule has 0 spiro atoms. The van der Waals surface area contributed by atoms with Gasteiger partial charge < -0.3 is 19.3 Å². The highest BCUT2D eigenvalue weighted by Crippen LogP contribution is 2.20. The lowest BCUT2D eigenvalue weighted by atomic mass is 10.1. The quantitative estimate of drug-likeness (QED) is 0.832. The van der Waals surface area contributed by atoms with Gasteiger partial charge in [-0.15, -0.1) is 0 Å². The van der Waals surface area contributed by atoms with Crippen LogP contribution in [0.1, 0.15) is 29.6 Å². The first-order chi connectivity index (χ1) is 12.1. The largest absolute Gasteiger partial charge is 0.494 e. The molecule has 0 aromatic heterocycles. The fourth-order valence-electron chi connectivity index (χ4n) is 3.30. The zero-order chi connectivity index (χ0) is 17.8. The van der Waals surface area contributed by atoms with E-state index in [-0.39, 0.29) is 29.2 Å². The van der Waals surface area contributed by atoms with Gasteiger partial charge in [0.2, 0.25) is 0 Å². The molecule has 1 aromatic carbocycles. The molecule has 2 saturated heterocycles. The molecule has 2 aliphatic rings. The van der Waals surface area contributed by atoms with Crippen LogP contribution in [0.5, 0.6) is 5.75 Å². The summed E-state index contributed by atoms with van der Waals surface area (Å²) in [7, 11) is 1.38. The number of ether oxygens (including phenoxy) is 2. The first-order valence-corrected chi connectivity index (χ1v) is 8.63. The van der Waals surface area contributed by atoms with Gasteiger partial charge in [-0.2, -0.15) is 0 Å². The highest BCUT2D eigenvalue weighted by atomic mass is 19.1. The topological polar surface area (TPSA) is 59.1 Å². The van der Waals surface area contributed by atoms with Crippen molar-refractivity contribution in [1.29, 1.82) is 0 Å². The van der Waals surface area contributed by atoms with E-state index in [4.69, 9.17) is 9.47 Å². The molecule has 3 rings (SSSR count). The average molecular weight is 350 g/mol. The number of carbonyl (C=O) groups excluding carboxylic acids is 2. The van der Waals surface area contributed by atoms with Crippen molar-refractivity contribution in [2.75, 3.05) is 39.9 Å². The number of methoxy groups -OCH3 is 1. The van der Waals surface area contributed by atoms with Gasteiger partial charge in [-0.3, -0.25) is 9.59 Å². The van der Waals surface area contributed by atoms with Crippen molar-refractivity contribution >= 4 is 11.8 Å². The van der Waals surface area contributed by atoms with Crippen LogP contribution in [0.25, 0.3) is 0 Å². The highest BCUT2D eigenvalue weighted by Gasteiger charge is 2.30. The molecule has 6 nitrogen and oxygen atoms in total. The van der Waals surface area contributed by atoms with E-state index in [1.54, 1.807) is 15.9 Å². The van der Waals surface area contributed by atoms with Gasteiger partial charge in [0.25, 0.3) is 11.8 Å². The molecule has 0 aliphatic carbocycles. The zero-order valence-electron chi connectivity index (χ0n) is 14.4. The van der Waals surface area contributed by atoms with Gasteiger partial charge in [0.1, 0.15) is 6.10 Å².